The highest BCUT2D eigenvalue weighted by atomic mass is 16.2. The van der Waals surface area contributed by atoms with Crippen LogP contribution in [-0.4, -0.2) is 55.3 Å². The average molecular weight is 497 g/mol. The maximum atomic E-state index is 13.4. The summed E-state index contributed by atoms with van der Waals surface area (Å²) < 4.78 is 0. The molecule has 1 atom stereocenters. The number of rotatable bonds is 5. The summed E-state index contributed by atoms with van der Waals surface area (Å²) in [6, 6.07) is 23.3. The van der Waals surface area contributed by atoms with Gasteiger partial charge in [-0.05, 0) is 55.3 Å². The van der Waals surface area contributed by atoms with Crippen molar-refractivity contribution in [1.82, 2.24) is 4.90 Å². The summed E-state index contributed by atoms with van der Waals surface area (Å²) in [5.74, 6) is -0.877. The molecule has 2 aliphatic heterocycles. The number of amides is 3. The molecule has 0 radical (unpaired) electrons. The lowest BCUT2D eigenvalue weighted by atomic mass is 10.1. The van der Waals surface area contributed by atoms with Crippen LogP contribution in [0, 0.1) is 19.8 Å². The molecule has 0 aromatic heterocycles. The molecule has 0 saturated carbocycles. The number of nitrogens with one attached hydrogen (secondary N) is 1. The van der Waals surface area contributed by atoms with Crippen LogP contribution in [-0.2, 0) is 9.59 Å². The Hall–Kier alpha value is -4.13. The van der Waals surface area contributed by atoms with Crippen LogP contribution in [0.4, 0.5) is 17.1 Å². The fraction of sp³-hybridized carbons (Fsp3) is 0.300. The molecule has 7 nitrogen and oxygen atoms in total. The molecule has 3 amide bonds. The largest absolute Gasteiger partial charge is 0.368 e. The number of carbonyl (C=O) groups excluding carboxylic acids is 3. The third kappa shape index (κ3) is 5.21. The van der Waals surface area contributed by atoms with E-state index in [1.54, 1.807) is 17.0 Å². The van der Waals surface area contributed by atoms with Crippen molar-refractivity contribution in [1.29, 1.82) is 0 Å². The molecule has 190 valence electrons. The van der Waals surface area contributed by atoms with E-state index in [1.807, 2.05) is 67.3 Å². The third-order valence-corrected chi connectivity index (χ3v) is 7.25. The third-order valence-electron chi connectivity index (χ3n) is 7.25. The molecule has 0 spiro atoms. The van der Waals surface area contributed by atoms with E-state index in [-0.39, 0.29) is 24.1 Å². The maximum Gasteiger partial charge on any atom is 0.256 e. The second-order valence-corrected chi connectivity index (χ2v) is 9.84. The van der Waals surface area contributed by atoms with Gasteiger partial charge in [0, 0.05) is 50.5 Å². The molecule has 2 aliphatic rings. The Kier molecular flexibility index (Phi) is 6.95. The zero-order valence-corrected chi connectivity index (χ0v) is 21.3. The lowest BCUT2D eigenvalue weighted by molar-refractivity contribution is -0.122. The number of anilines is 3. The van der Waals surface area contributed by atoms with Gasteiger partial charge in [0.15, 0.2) is 0 Å². The Morgan fingerprint density at radius 1 is 0.865 bits per heavy atom. The number of hydrogen-bond donors (Lipinski definition) is 1. The highest BCUT2D eigenvalue weighted by Gasteiger charge is 2.36. The zero-order valence-electron chi connectivity index (χ0n) is 21.3. The molecule has 3 aromatic carbocycles. The van der Waals surface area contributed by atoms with E-state index in [9.17, 15) is 14.4 Å². The summed E-state index contributed by atoms with van der Waals surface area (Å²) >= 11 is 0. The highest BCUT2D eigenvalue weighted by molar-refractivity contribution is 6.07. The number of piperazine rings is 1. The summed E-state index contributed by atoms with van der Waals surface area (Å²) in [6.07, 6.45) is 0.150. The Balaban J connectivity index is 1.25. The second-order valence-electron chi connectivity index (χ2n) is 9.84. The monoisotopic (exact) mass is 496 g/mol. The first-order valence-corrected chi connectivity index (χ1v) is 12.8. The summed E-state index contributed by atoms with van der Waals surface area (Å²) in [6.45, 7) is 7.01. The number of hydrogen-bond acceptors (Lipinski definition) is 4. The van der Waals surface area contributed by atoms with Crippen LogP contribution in [0.1, 0.15) is 27.9 Å². The molecule has 1 N–H and O–H groups in total. The van der Waals surface area contributed by atoms with Gasteiger partial charge < -0.3 is 20.0 Å². The van der Waals surface area contributed by atoms with Crippen molar-refractivity contribution < 1.29 is 14.4 Å². The predicted molar refractivity (Wildman–Crippen MR) is 146 cm³/mol. The summed E-state index contributed by atoms with van der Waals surface area (Å²) in [5, 5.41) is 2.95. The predicted octanol–water partition coefficient (Wildman–Crippen LogP) is 4.26. The first-order valence-electron chi connectivity index (χ1n) is 12.8. The molecule has 2 fully saturated rings. The molecular weight excluding hydrogens is 464 g/mol. The molecule has 0 aliphatic carbocycles. The number of carbonyl (C=O) groups is 3. The van der Waals surface area contributed by atoms with Crippen LogP contribution in [0.3, 0.4) is 0 Å². The van der Waals surface area contributed by atoms with E-state index in [4.69, 9.17) is 0 Å². The van der Waals surface area contributed by atoms with E-state index >= 15 is 0 Å². The normalized spacial score (nSPS) is 17.7. The van der Waals surface area contributed by atoms with Crippen LogP contribution >= 0.6 is 0 Å². The SMILES string of the molecule is Cc1ccc(C)c(N2CC(C(=O)Nc3ccccc3C(=O)N3CCN(c4ccccc4)CC3)CC2=O)c1. The van der Waals surface area contributed by atoms with Crippen LogP contribution in [0.2, 0.25) is 0 Å². The Bertz CT molecular complexity index is 1320. The minimum Gasteiger partial charge on any atom is -0.368 e. The maximum absolute atomic E-state index is 13.4. The average Bonchev–Trinajstić information content (AvgIpc) is 3.32. The van der Waals surface area contributed by atoms with Crippen molar-refractivity contribution in [2.24, 2.45) is 5.92 Å². The zero-order chi connectivity index (χ0) is 25.9. The van der Waals surface area contributed by atoms with Crippen molar-refractivity contribution >= 4 is 34.8 Å². The summed E-state index contributed by atoms with van der Waals surface area (Å²) in [4.78, 5) is 45.3. The Labute approximate surface area is 217 Å². The van der Waals surface area contributed by atoms with E-state index in [0.717, 1.165) is 35.6 Å². The molecule has 37 heavy (non-hydrogen) atoms. The lowest BCUT2D eigenvalue weighted by Crippen LogP contribution is -2.49. The molecule has 2 heterocycles. The van der Waals surface area contributed by atoms with Gasteiger partial charge in [-0.15, -0.1) is 0 Å². The van der Waals surface area contributed by atoms with Gasteiger partial charge >= 0.3 is 0 Å². The number of aryl methyl sites for hydroxylation is 2. The first-order chi connectivity index (χ1) is 17.9. The van der Waals surface area contributed by atoms with Gasteiger partial charge in [0.05, 0.1) is 17.2 Å². The van der Waals surface area contributed by atoms with Gasteiger partial charge in [-0.1, -0.05) is 42.5 Å². The second kappa shape index (κ2) is 10.5. The quantitative estimate of drug-likeness (QED) is 0.573. The number of benzene rings is 3. The van der Waals surface area contributed by atoms with Crippen LogP contribution < -0.4 is 15.1 Å². The van der Waals surface area contributed by atoms with Crippen LogP contribution in [0.15, 0.2) is 72.8 Å². The standard InChI is InChI=1S/C30H32N4O3/c1-21-12-13-22(2)27(18-21)34-20-23(19-28(34)35)29(36)31-26-11-7-6-10-25(26)30(37)33-16-14-32(15-17-33)24-8-4-3-5-9-24/h3-13,18,23H,14-17,19-20H2,1-2H3,(H,31,36). The summed E-state index contributed by atoms with van der Waals surface area (Å²) in [5.41, 5.74) is 5.04. The first kappa shape index (κ1) is 24.6. The van der Waals surface area contributed by atoms with Crippen LogP contribution in [0.5, 0.6) is 0 Å². The topological polar surface area (TPSA) is 73.0 Å². The van der Waals surface area contributed by atoms with Gasteiger partial charge in [-0.2, -0.15) is 0 Å². The number of para-hydroxylation sites is 2. The van der Waals surface area contributed by atoms with Gasteiger partial charge in [-0.3, -0.25) is 14.4 Å². The van der Waals surface area contributed by atoms with Crippen LogP contribution in [0.25, 0.3) is 0 Å². The van der Waals surface area contributed by atoms with Crippen molar-refractivity contribution in [3.05, 3.63) is 89.5 Å². The van der Waals surface area contributed by atoms with Crippen molar-refractivity contribution in [3.63, 3.8) is 0 Å². The minimum atomic E-state index is -0.481. The summed E-state index contributed by atoms with van der Waals surface area (Å²) in [7, 11) is 0. The fourth-order valence-electron chi connectivity index (χ4n) is 5.12. The molecule has 2 saturated heterocycles. The minimum absolute atomic E-state index is 0.0606. The van der Waals surface area contributed by atoms with E-state index in [2.05, 4.69) is 22.3 Å². The Morgan fingerprint density at radius 2 is 1.57 bits per heavy atom. The molecule has 3 aromatic rings. The number of nitrogens with zero attached hydrogens (tertiary/aromatic N) is 3. The molecule has 7 heteroatoms. The highest BCUT2D eigenvalue weighted by Crippen LogP contribution is 2.30. The Morgan fingerprint density at radius 3 is 2.32 bits per heavy atom. The van der Waals surface area contributed by atoms with E-state index < -0.39 is 5.92 Å². The van der Waals surface area contributed by atoms with Gasteiger partial charge in [-0.25, -0.2) is 0 Å². The van der Waals surface area contributed by atoms with Gasteiger partial charge in [0.1, 0.15) is 0 Å². The van der Waals surface area contributed by atoms with Gasteiger partial charge in [0.2, 0.25) is 11.8 Å². The van der Waals surface area contributed by atoms with E-state index in [1.165, 1.54) is 0 Å². The van der Waals surface area contributed by atoms with E-state index in [0.29, 0.717) is 30.9 Å². The van der Waals surface area contributed by atoms with Gasteiger partial charge in [0.25, 0.3) is 5.91 Å². The van der Waals surface area contributed by atoms with Crippen molar-refractivity contribution in [3.8, 4) is 0 Å². The molecule has 0 bridgehead atoms. The van der Waals surface area contributed by atoms with Crippen molar-refractivity contribution in [2.75, 3.05) is 47.8 Å². The van der Waals surface area contributed by atoms with Crippen molar-refractivity contribution in [2.45, 2.75) is 20.3 Å². The molecule has 5 rings (SSSR count). The molecular formula is C30H32N4O3. The fourth-order valence-corrected chi connectivity index (χ4v) is 5.12. The molecule has 1 unspecified atom stereocenters. The smallest absolute Gasteiger partial charge is 0.256 e. The lowest BCUT2D eigenvalue weighted by Gasteiger charge is -2.36.